The summed E-state index contributed by atoms with van der Waals surface area (Å²) in [6, 6.07) is 0.589. The van der Waals surface area contributed by atoms with Gasteiger partial charge in [0.05, 0.1) is 6.61 Å². The van der Waals surface area contributed by atoms with E-state index in [0.29, 0.717) is 17.7 Å². The molecule has 0 bridgehead atoms. The van der Waals surface area contributed by atoms with Crippen molar-refractivity contribution in [3.8, 4) is 0 Å². The minimum Gasteiger partial charge on any atom is -0.381 e. The third-order valence-corrected chi connectivity index (χ3v) is 3.58. The van der Waals surface area contributed by atoms with Gasteiger partial charge in [-0.25, -0.2) is 0 Å². The highest BCUT2D eigenvalue weighted by Crippen LogP contribution is 2.22. The summed E-state index contributed by atoms with van der Waals surface area (Å²) >= 11 is 0. The van der Waals surface area contributed by atoms with Gasteiger partial charge in [0.2, 0.25) is 0 Å². The van der Waals surface area contributed by atoms with E-state index in [1.54, 1.807) is 0 Å². The van der Waals surface area contributed by atoms with Crippen LogP contribution in [0.15, 0.2) is 0 Å². The van der Waals surface area contributed by atoms with Crippen molar-refractivity contribution >= 4 is 5.78 Å². The van der Waals surface area contributed by atoms with Crippen molar-refractivity contribution in [2.45, 2.75) is 32.2 Å². The summed E-state index contributed by atoms with van der Waals surface area (Å²) in [6.07, 6.45) is 2.68. The first-order chi connectivity index (χ1) is 6.77. The van der Waals surface area contributed by atoms with Gasteiger partial charge in [-0.2, -0.15) is 0 Å². The molecule has 2 saturated heterocycles. The topological polar surface area (TPSA) is 29.5 Å². The molecular formula is C11H19NO2. The molecule has 3 heteroatoms. The van der Waals surface area contributed by atoms with Gasteiger partial charge in [-0.15, -0.1) is 0 Å². The van der Waals surface area contributed by atoms with E-state index in [9.17, 15) is 4.79 Å². The molecule has 0 spiro atoms. The zero-order chi connectivity index (χ0) is 9.97. The molecule has 80 valence electrons. The van der Waals surface area contributed by atoms with Crippen LogP contribution in [0.1, 0.15) is 26.2 Å². The van der Waals surface area contributed by atoms with Crippen molar-refractivity contribution in [2.75, 3.05) is 26.3 Å². The van der Waals surface area contributed by atoms with E-state index in [4.69, 9.17) is 4.74 Å². The van der Waals surface area contributed by atoms with E-state index in [2.05, 4.69) is 11.8 Å². The highest BCUT2D eigenvalue weighted by atomic mass is 16.5. The molecule has 14 heavy (non-hydrogen) atoms. The number of ether oxygens (including phenoxy) is 1. The summed E-state index contributed by atoms with van der Waals surface area (Å²) in [6.45, 7) is 6.01. The Kier molecular flexibility index (Phi) is 3.19. The summed E-state index contributed by atoms with van der Waals surface area (Å²) in [4.78, 5) is 13.5. The Labute approximate surface area is 85.4 Å². The van der Waals surface area contributed by atoms with Crippen LogP contribution >= 0.6 is 0 Å². The summed E-state index contributed by atoms with van der Waals surface area (Å²) < 4.78 is 5.40. The van der Waals surface area contributed by atoms with Gasteiger partial charge in [-0.1, -0.05) is 0 Å². The first-order valence-electron chi connectivity index (χ1n) is 5.61. The predicted octanol–water partition coefficient (Wildman–Crippen LogP) is 1.08. The maximum atomic E-state index is 11.1. The molecule has 0 aliphatic carbocycles. The minimum atomic E-state index is 0.427. The van der Waals surface area contributed by atoms with Crippen LogP contribution in [0, 0.1) is 5.92 Å². The van der Waals surface area contributed by atoms with Gasteiger partial charge in [-0.3, -0.25) is 9.69 Å². The van der Waals surface area contributed by atoms with E-state index < -0.39 is 0 Å². The largest absolute Gasteiger partial charge is 0.381 e. The smallest absolute Gasteiger partial charge is 0.135 e. The standard InChI is InChI=1S/C11H19NO2/c1-9(10-4-7-14-8-10)12-5-2-11(13)3-6-12/h9-10H,2-8H2,1H3. The molecule has 0 aromatic carbocycles. The van der Waals surface area contributed by atoms with Gasteiger partial charge < -0.3 is 4.74 Å². The molecule has 2 aliphatic rings. The number of rotatable bonds is 2. The Bertz CT molecular complexity index is 201. The van der Waals surface area contributed by atoms with E-state index in [-0.39, 0.29) is 0 Å². The molecule has 3 nitrogen and oxygen atoms in total. The van der Waals surface area contributed by atoms with Crippen LogP contribution in [0.3, 0.4) is 0 Å². The van der Waals surface area contributed by atoms with E-state index in [0.717, 1.165) is 39.1 Å². The summed E-state index contributed by atoms with van der Waals surface area (Å²) in [7, 11) is 0. The quantitative estimate of drug-likeness (QED) is 0.663. The van der Waals surface area contributed by atoms with Crippen molar-refractivity contribution in [1.82, 2.24) is 4.90 Å². The van der Waals surface area contributed by atoms with Crippen LogP contribution in [0.25, 0.3) is 0 Å². The van der Waals surface area contributed by atoms with Crippen LogP contribution < -0.4 is 0 Å². The van der Waals surface area contributed by atoms with Gasteiger partial charge in [-0.05, 0) is 19.3 Å². The first kappa shape index (κ1) is 10.1. The Balaban J connectivity index is 1.84. The van der Waals surface area contributed by atoms with Gasteiger partial charge in [0.25, 0.3) is 0 Å². The molecule has 2 atom stereocenters. The number of carbonyl (C=O) groups is 1. The lowest BCUT2D eigenvalue weighted by Crippen LogP contribution is -2.43. The average molecular weight is 197 g/mol. The zero-order valence-electron chi connectivity index (χ0n) is 8.87. The number of carbonyl (C=O) groups excluding carboxylic acids is 1. The van der Waals surface area contributed by atoms with Crippen LogP contribution in [0.5, 0.6) is 0 Å². The number of hydrogen-bond acceptors (Lipinski definition) is 3. The normalized spacial score (nSPS) is 32.1. The highest BCUT2D eigenvalue weighted by Gasteiger charge is 2.28. The maximum Gasteiger partial charge on any atom is 0.135 e. The number of nitrogens with zero attached hydrogens (tertiary/aromatic N) is 1. The first-order valence-corrected chi connectivity index (χ1v) is 5.61. The molecular weight excluding hydrogens is 178 g/mol. The minimum absolute atomic E-state index is 0.427. The fourth-order valence-electron chi connectivity index (χ4n) is 2.41. The monoisotopic (exact) mass is 197 g/mol. The molecule has 2 rings (SSSR count). The molecule has 2 fully saturated rings. The molecule has 0 radical (unpaired) electrons. The Hall–Kier alpha value is -0.410. The van der Waals surface area contributed by atoms with E-state index in [1.165, 1.54) is 6.42 Å². The fourth-order valence-corrected chi connectivity index (χ4v) is 2.41. The predicted molar refractivity (Wildman–Crippen MR) is 54.2 cm³/mol. The second-order valence-corrected chi connectivity index (χ2v) is 4.44. The lowest BCUT2D eigenvalue weighted by Gasteiger charge is -2.34. The van der Waals surface area contributed by atoms with Crippen molar-refractivity contribution in [1.29, 1.82) is 0 Å². The second-order valence-electron chi connectivity index (χ2n) is 4.44. The third-order valence-electron chi connectivity index (χ3n) is 3.58. The molecule has 0 aromatic heterocycles. The zero-order valence-corrected chi connectivity index (χ0v) is 8.87. The van der Waals surface area contributed by atoms with Crippen LogP contribution in [-0.2, 0) is 9.53 Å². The van der Waals surface area contributed by atoms with Gasteiger partial charge in [0.15, 0.2) is 0 Å². The molecule has 0 saturated carbocycles. The number of Topliss-reactive ketones (excluding diaryl/α,β-unsaturated/α-hetero) is 1. The lowest BCUT2D eigenvalue weighted by atomic mass is 9.97. The van der Waals surface area contributed by atoms with Gasteiger partial charge >= 0.3 is 0 Å². The molecule has 0 amide bonds. The molecule has 0 aromatic rings. The van der Waals surface area contributed by atoms with Crippen molar-refractivity contribution < 1.29 is 9.53 Å². The van der Waals surface area contributed by atoms with Crippen LogP contribution in [0.4, 0.5) is 0 Å². The van der Waals surface area contributed by atoms with Crippen LogP contribution in [0.2, 0.25) is 0 Å². The average Bonchev–Trinajstić information content (AvgIpc) is 2.71. The van der Waals surface area contributed by atoms with Crippen molar-refractivity contribution in [2.24, 2.45) is 5.92 Å². The summed E-state index contributed by atoms with van der Waals surface area (Å²) in [5, 5.41) is 0. The molecule has 2 unspecified atom stereocenters. The lowest BCUT2D eigenvalue weighted by molar-refractivity contribution is -0.122. The fraction of sp³-hybridized carbons (Fsp3) is 0.909. The Morgan fingerprint density at radius 1 is 1.43 bits per heavy atom. The van der Waals surface area contributed by atoms with Crippen LogP contribution in [-0.4, -0.2) is 43.0 Å². The van der Waals surface area contributed by atoms with Crippen molar-refractivity contribution in [3.63, 3.8) is 0 Å². The number of piperidine rings is 1. The van der Waals surface area contributed by atoms with Gasteiger partial charge in [0, 0.05) is 38.6 Å². The third kappa shape index (κ3) is 2.15. The molecule has 2 heterocycles. The highest BCUT2D eigenvalue weighted by molar-refractivity contribution is 5.79. The molecule has 2 aliphatic heterocycles. The number of hydrogen-bond donors (Lipinski definition) is 0. The summed E-state index contributed by atoms with van der Waals surface area (Å²) in [5.74, 6) is 1.11. The van der Waals surface area contributed by atoms with E-state index in [1.807, 2.05) is 0 Å². The number of ketones is 1. The summed E-state index contributed by atoms with van der Waals surface area (Å²) in [5.41, 5.74) is 0. The van der Waals surface area contributed by atoms with Crippen molar-refractivity contribution in [3.05, 3.63) is 0 Å². The van der Waals surface area contributed by atoms with E-state index >= 15 is 0 Å². The number of likely N-dealkylation sites (tertiary alicyclic amines) is 1. The second kappa shape index (κ2) is 4.41. The molecule has 0 N–H and O–H groups in total. The maximum absolute atomic E-state index is 11.1. The SMILES string of the molecule is CC(C1CCOC1)N1CCC(=O)CC1. The Morgan fingerprint density at radius 2 is 2.14 bits per heavy atom. The Morgan fingerprint density at radius 3 is 2.71 bits per heavy atom. The van der Waals surface area contributed by atoms with Gasteiger partial charge in [0.1, 0.15) is 5.78 Å².